The van der Waals surface area contributed by atoms with E-state index in [2.05, 4.69) is 28.9 Å². The van der Waals surface area contributed by atoms with Gasteiger partial charge in [0.05, 0.1) is 6.61 Å². The van der Waals surface area contributed by atoms with Crippen LogP contribution >= 0.6 is 15.9 Å². The Hall–Kier alpha value is -0.340. The quantitative estimate of drug-likeness (QED) is 0.719. The molecule has 0 saturated heterocycles. The first-order chi connectivity index (χ1) is 5.84. The van der Waals surface area contributed by atoms with E-state index in [4.69, 9.17) is 4.74 Å². The highest BCUT2D eigenvalue weighted by Gasteiger charge is 1.96. The molecule has 0 saturated carbocycles. The van der Waals surface area contributed by atoms with Gasteiger partial charge in [-0.3, -0.25) is 0 Å². The van der Waals surface area contributed by atoms with Crippen LogP contribution < -0.4 is 0 Å². The molecule has 12 heavy (non-hydrogen) atoms. The van der Waals surface area contributed by atoms with Gasteiger partial charge in [-0.15, -0.1) is 0 Å². The zero-order valence-electron chi connectivity index (χ0n) is 7.22. The minimum atomic E-state index is 0.704. The zero-order valence-corrected chi connectivity index (χ0v) is 8.80. The summed E-state index contributed by atoms with van der Waals surface area (Å²) in [6.07, 6.45) is 1.07. The van der Waals surface area contributed by atoms with E-state index < -0.39 is 0 Å². The van der Waals surface area contributed by atoms with Crippen LogP contribution in [0.2, 0.25) is 0 Å². The Labute approximate surface area is 81.9 Å². The van der Waals surface area contributed by atoms with Crippen molar-refractivity contribution in [1.29, 1.82) is 0 Å². The van der Waals surface area contributed by atoms with Gasteiger partial charge in [-0.1, -0.05) is 41.1 Å². The first-order valence-electron chi connectivity index (χ1n) is 4.15. The topological polar surface area (TPSA) is 9.23 Å². The molecule has 2 heteroatoms. The van der Waals surface area contributed by atoms with Gasteiger partial charge in [-0.25, -0.2) is 0 Å². The van der Waals surface area contributed by atoms with Crippen LogP contribution in [0.3, 0.4) is 0 Å². The summed E-state index contributed by atoms with van der Waals surface area (Å²) < 4.78 is 6.55. The molecule has 1 rings (SSSR count). The maximum absolute atomic E-state index is 5.42. The standard InChI is InChI=1S/C10H13BrO/c1-2-7-12-8-9-5-3-4-6-10(9)11/h3-6H,2,7-8H2,1H3. The maximum Gasteiger partial charge on any atom is 0.0727 e. The van der Waals surface area contributed by atoms with Gasteiger partial charge in [0.25, 0.3) is 0 Å². The lowest BCUT2D eigenvalue weighted by Gasteiger charge is -2.04. The molecule has 0 amide bonds. The molecule has 1 aromatic carbocycles. The monoisotopic (exact) mass is 228 g/mol. The number of hydrogen-bond acceptors (Lipinski definition) is 1. The Morgan fingerprint density at radius 1 is 1.33 bits per heavy atom. The third-order valence-electron chi connectivity index (χ3n) is 1.56. The normalized spacial score (nSPS) is 10.2. The fraction of sp³-hybridized carbons (Fsp3) is 0.400. The summed E-state index contributed by atoms with van der Waals surface area (Å²) in [5.41, 5.74) is 1.21. The molecular weight excluding hydrogens is 216 g/mol. The molecule has 1 nitrogen and oxygen atoms in total. The second-order valence-electron chi connectivity index (χ2n) is 2.64. The van der Waals surface area contributed by atoms with Crippen molar-refractivity contribution in [3.63, 3.8) is 0 Å². The van der Waals surface area contributed by atoms with Crippen molar-refractivity contribution in [3.8, 4) is 0 Å². The van der Waals surface area contributed by atoms with E-state index in [1.54, 1.807) is 0 Å². The molecule has 1 aromatic rings. The highest BCUT2D eigenvalue weighted by Crippen LogP contribution is 2.16. The lowest BCUT2D eigenvalue weighted by molar-refractivity contribution is 0.121. The van der Waals surface area contributed by atoms with E-state index >= 15 is 0 Å². The van der Waals surface area contributed by atoms with Crippen molar-refractivity contribution >= 4 is 15.9 Å². The fourth-order valence-corrected chi connectivity index (χ4v) is 1.34. The van der Waals surface area contributed by atoms with Gasteiger partial charge in [0.1, 0.15) is 0 Å². The van der Waals surface area contributed by atoms with Crippen molar-refractivity contribution in [2.24, 2.45) is 0 Å². The molecule has 0 fully saturated rings. The first kappa shape index (κ1) is 9.75. The molecule has 0 unspecified atom stereocenters. The predicted molar refractivity (Wildman–Crippen MR) is 54.1 cm³/mol. The van der Waals surface area contributed by atoms with E-state index in [9.17, 15) is 0 Å². The predicted octanol–water partition coefficient (Wildman–Crippen LogP) is 3.38. The molecule has 0 radical (unpaired) electrons. The third kappa shape index (κ3) is 2.95. The maximum atomic E-state index is 5.42. The summed E-state index contributed by atoms with van der Waals surface area (Å²) in [5, 5.41) is 0. The van der Waals surface area contributed by atoms with Gasteiger partial charge in [-0.2, -0.15) is 0 Å². The summed E-state index contributed by atoms with van der Waals surface area (Å²) >= 11 is 3.47. The van der Waals surface area contributed by atoms with Crippen molar-refractivity contribution in [2.45, 2.75) is 20.0 Å². The number of halogens is 1. The number of hydrogen-bond donors (Lipinski definition) is 0. The van der Waals surface area contributed by atoms with Crippen molar-refractivity contribution in [1.82, 2.24) is 0 Å². The fourth-order valence-electron chi connectivity index (χ4n) is 0.942. The average Bonchev–Trinajstić information content (AvgIpc) is 2.09. The van der Waals surface area contributed by atoms with Crippen LogP contribution in [0.15, 0.2) is 28.7 Å². The minimum absolute atomic E-state index is 0.704. The first-order valence-corrected chi connectivity index (χ1v) is 4.95. The molecule has 0 N–H and O–H groups in total. The van der Waals surface area contributed by atoms with E-state index in [0.717, 1.165) is 17.5 Å². The highest BCUT2D eigenvalue weighted by molar-refractivity contribution is 9.10. The largest absolute Gasteiger partial charge is 0.377 e. The zero-order chi connectivity index (χ0) is 8.81. The van der Waals surface area contributed by atoms with Crippen LogP contribution in [0.5, 0.6) is 0 Å². The molecule has 0 aromatic heterocycles. The van der Waals surface area contributed by atoms with E-state index in [1.807, 2.05) is 18.2 Å². The van der Waals surface area contributed by atoms with Gasteiger partial charge < -0.3 is 4.74 Å². The number of ether oxygens (including phenoxy) is 1. The van der Waals surface area contributed by atoms with Crippen LogP contribution in [-0.2, 0) is 11.3 Å². The smallest absolute Gasteiger partial charge is 0.0727 e. The van der Waals surface area contributed by atoms with Crippen molar-refractivity contribution in [3.05, 3.63) is 34.3 Å². The van der Waals surface area contributed by atoms with Crippen LogP contribution in [0.4, 0.5) is 0 Å². The summed E-state index contributed by atoms with van der Waals surface area (Å²) in [6.45, 7) is 3.65. The minimum Gasteiger partial charge on any atom is -0.377 e. The van der Waals surface area contributed by atoms with Crippen LogP contribution in [0, 0.1) is 0 Å². The van der Waals surface area contributed by atoms with Crippen LogP contribution in [-0.4, -0.2) is 6.61 Å². The molecule has 0 atom stereocenters. The Morgan fingerprint density at radius 2 is 2.08 bits per heavy atom. The summed E-state index contributed by atoms with van der Waals surface area (Å²) in [7, 11) is 0. The summed E-state index contributed by atoms with van der Waals surface area (Å²) in [6, 6.07) is 8.13. The van der Waals surface area contributed by atoms with Crippen LogP contribution in [0.25, 0.3) is 0 Å². The third-order valence-corrected chi connectivity index (χ3v) is 2.34. The molecule has 0 aliphatic carbocycles. The number of benzene rings is 1. The summed E-state index contributed by atoms with van der Waals surface area (Å²) in [4.78, 5) is 0. The molecule has 0 aliphatic rings. The average molecular weight is 229 g/mol. The molecule has 0 aliphatic heterocycles. The van der Waals surface area contributed by atoms with Crippen LogP contribution in [0.1, 0.15) is 18.9 Å². The lowest BCUT2D eigenvalue weighted by atomic mass is 10.2. The van der Waals surface area contributed by atoms with Gasteiger partial charge in [0.15, 0.2) is 0 Å². The Balaban J connectivity index is 2.46. The van der Waals surface area contributed by atoms with Gasteiger partial charge in [-0.05, 0) is 18.1 Å². The van der Waals surface area contributed by atoms with Gasteiger partial charge >= 0.3 is 0 Å². The van der Waals surface area contributed by atoms with Gasteiger partial charge in [0.2, 0.25) is 0 Å². The summed E-state index contributed by atoms with van der Waals surface area (Å²) in [5.74, 6) is 0. The Kier molecular flexibility index (Phi) is 4.33. The van der Waals surface area contributed by atoms with E-state index in [-0.39, 0.29) is 0 Å². The second kappa shape index (κ2) is 5.33. The molecule has 0 bridgehead atoms. The molecule has 0 heterocycles. The molecular formula is C10H13BrO. The van der Waals surface area contributed by atoms with Gasteiger partial charge in [0, 0.05) is 11.1 Å². The SMILES string of the molecule is CCCOCc1ccccc1Br. The second-order valence-corrected chi connectivity index (χ2v) is 3.50. The van der Waals surface area contributed by atoms with Crippen molar-refractivity contribution < 1.29 is 4.74 Å². The Morgan fingerprint density at radius 3 is 2.75 bits per heavy atom. The Bertz CT molecular complexity index is 235. The van der Waals surface area contributed by atoms with E-state index in [1.165, 1.54) is 5.56 Å². The molecule has 66 valence electrons. The number of rotatable bonds is 4. The molecule has 0 spiro atoms. The lowest BCUT2D eigenvalue weighted by Crippen LogP contribution is -1.94. The van der Waals surface area contributed by atoms with Crippen molar-refractivity contribution in [2.75, 3.05) is 6.61 Å². The van der Waals surface area contributed by atoms with E-state index in [0.29, 0.717) is 6.61 Å². The highest BCUT2D eigenvalue weighted by atomic mass is 79.9.